The zero-order chi connectivity index (χ0) is 21.5. The molecule has 9 nitrogen and oxygen atoms in total. The van der Waals surface area contributed by atoms with Crippen molar-refractivity contribution in [2.75, 3.05) is 40.9 Å². The fourth-order valence-electron chi connectivity index (χ4n) is 4.70. The van der Waals surface area contributed by atoms with Crippen molar-refractivity contribution in [1.82, 2.24) is 19.3 Å². The Morgan fingerprint density at radius 2 is 1.87 bits per heavy atom. The predicted octanol–water partition coefficient (Wildman–Crippen LogP) is 2.24. The molecule has 2 aromatic rings. The third-order valence-corrected chi connectivity index (χ3v) is 8.26. The zero-order valence-corrected chi connectivity index (χ0v) is 18.6. The van der Waals surface area contributed by atoms with Gasteiger partial charge in [-0.15, -0.1) is 0 Å². The lowest BCUT2D eigenvalue weighted by Gasteiger charge is -2.38. The van der Waals surface area contributed by atoms with E-state index in [1.807, 2.05) is 0 Å². The lowest BCUT2D eigenvalue weighted by molar-refractivity contribution is 0.161. The molecule has 0 aliphatic carbocycles. The first-order valence-corrected chi connectivity index (χ1v) is 11.4. The Morgan fingerprint density at radius 1 is 1.17 bits per heavy atom. The van der Waals surface area contributed by atoms with Crippen molar-refractivity contribution in [3.8, 4) is 11.5 Å². The molecule has 30 heavy (non-hydrogen) atoms. The van der Waals surface area contributed by atoms with E-state index in [1.54, 1.807) is 23.4 Å². The van der Waals surface area contributed by atoms with E-state index in [9.17, 15) is 8.42 Å². The number of benzene rings is 1. The maximum Gasteiger partial charge on any atom is 0.243 e. The number of aryl methyl sites for hydroxylation is 1. The van der Waals surface area contributed by atoms with Crippen LogP contribution < -0.4 is 9.47 Å². The molecule has 2 aliphatic heterocycles. The molecule has 0 radical (unpaired) electrons. The summed E-state index contributed by atoms with van der Waals surface area (Å²) in [5.74, 6) is 2.19. The smallest absolute Gasteiger partial charge is 0.243 e. The summed E-state index contributed by atoms with van der Waals surface area (Å²) in [5, 5.41) is 4.09. The molecule has 3 heterocycles. The van der Waals surface area contributed by atoms with Crippen molar-refractivity contribution in [3.05, 3.63) is 29.9 Å². The first-order valence-electron chi connectivity index (χ1n) is 10.0. The molecule has 0 N–H and O–H groups in total. The summed E-state index contributed by atoms with van der Waals surface area (Å²) < 4.78 is 43.6. The van der Waals surface area contributed by atoms with Gasteiger partial charge in [-0.3, -0.25) is 4.90 Å². The number of sulfonamides is 1. The van der Waals surface area contributed by atoms with E-state index in [0.29, 0.717) is 36.3 Å². The molecule has 2 aliphatic rings. The van der Waals surface area contributed by atoms with Crippen molar-refractivity contribution >= 4 is 10.0 Å². The SMILES string of the molecule is COc1ccc(S(=O)(=O)N2CCC3(CC2)CC(c2noc(C)n2)N(C)C3)cc1OC. The minimum atomic E-state index is -3.60. The van der Waals surface area contributed by atoms with Crippen molar-refractivity contribution in [3.63, 3.8) is 0 Å². The highest BCUT2D eigenvalue weighted by molar-refractivity contribution is 7.89. The number of hydrogen-bond acceptors (Lipinski definition) is 8. The van der Waals surface area contributed by atoms with Gasteiger partial charge in [-0.25, -0.2) is 8.42 Å². The molecule has 10 heteroatoms. The van der Waals surface area contributed by atoms with Gasteiger partial charge in [0.05, 0.1) is 25.2 Å². The minimum Gasteiger partial charge on any atom is -0.493 e. The molecule has 0 amide bonds. The van der Waals surface area contributed by atoms with E-state index in [-0.39, 0.29) is 16.4 Å². The van der Waals surface area contributed by atoms with E-state index in [2.05, 4.69) is 22.1 Å². The molecule has 1 spiro atoms. The second-order valence-corrected chi connectivity index (χ2v) is 10.2. The third-order valence-electron chi connectivity index (χ3n) is 6.36. The summed E-state index contributed by atoms with van der Waals surface area (Å²) in [5.41, 5.74) is 0.0670. The second kappa shape index (κ2) is 7.82. The van der Waals surface area contributed by atoms with E-state index < -0.39 is 10.0 Å². The van der Waals surface area contributed by atoms with Gasteiger partial charge in [0.15, 0.2) is 17.3 Å². The van der Waals surface area contributed by atoms with Crippen LogP contribution in [0.2, 0.25) is 0 Å². The topological polar surface area (TPSA) is 98.0 Å². The van der Waals surface area contributed by atoms with Crippen LogP contribution in [0.3, 0.4) is 0 Å². The predicted molar refractivity (Wildman–Crippen MR) is 109 cm³/mol. The second-order valence-electron chi connectivity index (χ2n) is 8.23. The van der Waals surface area contributed by atoms with Crippen molar-refractivity contribution < 1.29 is 22.4 Å². The van der Waals surface area contributed by atoms with Crippen LogP contribution in [0.1, 0.15) is 37.0 Å². The largest absolute Gasteiger partial charge is 0.493 e. The van der Waals surface area contributed by atoms with Gasteiger partial charge in [-0.05, 0) is 43.9 Å². The lowest BCUT2D eigenvalue weighted by Crippen LogP contribution is -2.44. The summed E-state index contributed by atoms with van der Waals surface area (Å²) in [6.07, 6.45) is 2.51. The molecule has 0 bridgehead atoms. The summed E-state index contributed by atoms with van der Waals surface area (Å²) in [6, 6.07) is 4.83. The number of nitrogens with zero attached hydrogens (tertiary/aromatic N) is 4. The summed E-state index contributed by atoms with van der Waals surface area (Å²) in [4.78, 5) is 6.87. The molecule has 2 saturated heterocycles. The van der Waals surface area contributed by atoms with Gasteiger partial charge in [0.1, 0.15) is 0 Å². The Balaban J connectivity index is 1.48. The maximum atomic E-state index is 13.2. The molecule has 2 fully saturated rings. The minimum absolute atomic E-state index is 0.0670. The monoisotopic (exact) mass is 436 g/mol. The van der Waals surface area contributed by atoms with Gasteiger partial charge in [0.2, 0.25) is 15.9 Å². The van der Waals surface area contributed by atoms with Crippen LogP contribution in [0, 0.1) is 12.3 Å². The van der Waals surface area contributed by atoms with Crippen LogP contribution in [0.15, 0.2) is 27.6 Å². The average molecular weight is 437 g/mol. The summed E-state index contributed by atoms with van der Waals surface area (Å²) >= 11 is 0. The van der Waals surface area contributed by atoms with Crippen LogP contribution in [0.4, 0.5) is 0 Å². The Bertz CT molecular complexity index is 1010. The molecular formula is C20H28N4O5S. The zero-order valence-electron chi connectivity index (χ0n) is 17.8. The van der Waals surface area contributed by atoms with E-state index in [0.717, 1.165) is 25.8 Å². The molecule has 0 saturated carbocycles. The fourth-order valence-corrected chi connectivity index (χ4v) is 6.16. The van der Waals surface area contributed by atoms with Gasteiger partial charge < -0.3 is 14.0 Å². The van der Waals surface area contributed by atoms with Crippen molar-refractivity contribution in [1.29, 1.82) is 0 Å². The number of piperidine rings is 1. The maximum absolute atomic E-state index is 13.2. The molecule has 1 unspecified atom stereocenters. The standard InChI is InChI=1S/C20H28N4O5S/c1-14-21-19(22-29-14)16-12-20(13-23(16)2)7-9-24(10-8-20)30(25,26)15-5-6-17(27-3)18(11-15)28-4/h5-6,11,16H,7-10,12-13H2,1-4H3. The Labute approximate surface area is 177 Å². The number of aromatic nitrogens is 2. The van der Waals surface area contributed by atoms with Crippen LogP contribution >= 0.6 is 0 Å². The van der Waals surface area contributed by atoms with Crippen molar-refractivity contribution in [2.24, 2.45) is 5.41 Å². The lowest BCUT2D eigenvalue weighted by atomic mass is 9.77. The van der Waals surface area contributed by atoms with Crippen LogP contribution in [0.5, 0.6) is 11.5 Å². The quantitative estimate of drug-likeness (QED) is 0.704. The van der Waals surface area contributed by atoms with E-state index >= 15 is 0 Å². The summed E-state index contributed by atoms with van der Waals surface area (Å²) in [6.45, 7) is 3.67. The first-order chi connectivity index (χ1) is 14.3. The Kier molecular flexibility index (Phi) is 5.50. The number of likely N-dealkylation sites (tertiary alicyclic amines) is 1. The highest BCUT2D eigenvalue weighted by Crippen LogP contribution is 2.48. The number of rotatable bonds is 5. The third kappa shape index (κ3) is 3.67. The summed E-state index contributed by atoms with van der Waals surface area (Å²) in [7, 11) is 1.49. The Morgan fingerprint density at radius 3 is 2.47 bits per heavy atom. The van der Waals surface area contributed by atoms with Crippen LogP contribution in [-0.2, 0) is 10.0 Å². The van der Waals surface area contributed by atoms with E-state index in [1.165, 1.54) is 20.3 Å². The van der Waals surface area contributed by atoms with Crippen LogP contribution in [0.25, 0.3) is 0 Å². The molecule has 164 valence electrons. The number of hydrogen-bond donors (Lipinski definition) is 0. The molecule has 1 atom stereocenters. The van der Waals surface area contributed by atoms with Gasteiger partial charge in [0, 0.05) is 32.6 Å². The molecule has 1 aromatic carbocycles. The average Bonchev–Trinajstić information content (AvgIpc) is 3.30. The molecular weight excluding hydrogens is 408 g/mol. The van der Waals surface area contributed by atoms with E-state index in [4.69, 9.17) is 14.0 Å². The van der Waals surface area contributed by atoms with Gasteiger partial charge in [-0.2, -0.15) is 9.29 Å². The van der Waals surface area contributed by atoms with Gasteiger partial charge in [-0.1, -0.05) is 5.16 Å². The molecule has 4 rings (SSSR count). The fraction of sp³-hybridized carbons (Fsp3) is 0.600. The van der Waals surface area contributed by atoms with Crippen molar-refractivity contribution in [2.45, 2.75) is 37.1 Å². The first kappa shape index (κ1) is 21.1. The highest BCUT2D eigenvalue weighted by Gasteiger charge is 2.47. The normalized spacial score (nSPS) is 22.5. The number of methoxy groups -OCH3 is 2. The van der Waals surface area contributed by atoms with Gasteiger partial charge in [0.25, 0.3) is 0 Å². The highest BCUT2D eigenvalue weighted by atomic mass is 32.2. The number of ether oxygens (including phenoxy) is 2. The van der Waals surface area contributed by atoms with Crippen LogP contribution in [-0.4, -0.2) is 68.7 Å². The Hall–Kier alpha value is -2.17. The molecule has 1 aromatic heterocycles. The van der Waals surface area contributed by atoms with Gasteiger partial charge >= 0.3 is 0 Å².